The SMILES string of the molecule is Cn1nnnc1SCC(=O)Nc1ccc(C(=O)Nc2cccc(/C=C/c3ccccn3)c2)cc1. The minimum Gasteiger partial charge on any atom is -0.325 e. The van der Waals surface area contributed by atoms with Gasteiger partial charge in [0.1, 0.15) is 0 Å². The van der Waals surface area contributed by atoms with E-state index in [1.54, 1.807) is 37.5 Å². The van der Waals surface area contributed by atoms with E-state index in [9.17, 15) is 9.59 Å². The molecule has 34 heavy (non-hydrogen) atoms. The lowest BCUT2D eigenvalue weighted by Gasteiger charge is -2.08. The summed E-state index contributed by atoms with van der Waals surface area (Å²) in [6.45, 7) is 0. The number of aromatic nitrogens is 5. The summed E-state index contributed by atoms with van der Waals surface area (Å²) in [5.74, 6) is -0.267. The van der Waals surface area contributed by atoms with Gasteiger partial charge in [-0.15, -0.1) is 5.10 Å². The molecule has 0 aliphatic rings. The number of hydrogen-bond acceptors (Lipinski definition) is 7. The van der Waals surface area contributed by atoms with Crippen molar-refractivity contribution in [2.45, 2.75) is 5.16 Å². The van der Waals surface area contributed by atoms with Gasteiger partial charge in [0.2, 0.25) is 11.1 Å². The first-order valence-electron chi connectivity index (χ1n) is 10.3. The van der Waals surface area contributed by atoms with E-state index in [0.29, 0.717) is 22.1 Å². The van der Waals surface area contributed by atoms with Crippen LogP contribution < -0.4 is 10.6 Å². The van der Waals surface area contributed by atoms with Crippen molar-refractivity contribution in [2.75, 3.05) is 16.4 Å². The Labute approximate surface area is 200 Å². The van der Waals surface area contributed by atoms with Crippen LogP contribution in [0.15, 0.2) is 78.1 Å². The molecule has 9 nitrogen and oxygen atoms in total. The van der Waals surface area contributed by atoms with Crippen LogP contribution in [0.2, 0.25) is 0 Å². The maximum Gasteiger partial charge on any atom is 0.255 e. The van der Waals surface area contributed by atoms with Crippen LogP contribution in [0.1, 0.15) is 21.6 Å². The lowest BCUT2D eigenvalue weighted by molar-refractivity contribution is -0.113. The fraction of sp³-hybridized carbons (Fsp3) is 0.0833. The van der Waals surface area contributed by atoms with Crippen molar-refractivity contribution in [3.8, 4) is 0 Å². The molecule has 0 atom stereocenters. The van der Waals surface area contributed by atoms with Gasteiger partial charge in [-0.3, -0.25) is 14.6 Å². The molecule has 2 heterocycles. The predicted octanol–water partition coefficient (Wildman–Crippen LogP) is 3.76. The number of pyridine rings is 1. The maximum atomic E-state index is 12.7. The lowest BCUT2D eigenvalue weighted by atomic mass is 10.1. The van der Waals surface area contributed by atoms with E-state index in [4.69, 9.17) is 0 Å². The number of nitrogens with one attached hydrogen (secondary N) is 2. The molecule has 0 radical (unpaired) electrons. The second-order valence-electron chi connectivity index (χ2n) is 7.17. The molecule has 0 aliphatic heterocycles. The van der Waals surface area contributed by atoms with E-state index in [1.165, 1.54) is 16.4 Å². The van der Waals surface area contributed by atoms with Crippen LogP contribution in [0, 0.1) is 0 Å². The normalized spacial score (nSPS) is 10.9. The maximum absolute atomic E-state index is 12.7. The number of carbonyl (C=O) groups excluding carboxylic acids is 2. The van der Waals surface area contributed by atoms with Crippen LogP contribution in [0.25, 0.3) is 12.2 Å². The summed E-state index contributed by atoms with van der Waals surface area (Å²) in [7, 11) is 1.71. The van der Waals surface area contributed by atoms with Gasteiger partial charge in [-0.1, -0.05) is 36.0 Å². The summed E-state index contributed by atoms with van der Waals surface area (Å²) in [6.07, 6.45) is 5.59. The number of anilines is 2. The highest BCUT2D eigenvalue weighted by Crippen LogP contribution is 2.17. The monoisotopic (exact) mass is 471 g/mol. The van der Waals surface area contributed by atoms with Gasteiger partial charge in [0, 0.05) is 30.2 Å². The lowest BCUT2D eigenvalue weighted by Crippen LogP contribution is -2.15. The molecule has 2 aromatic carbocycles. The number of amides is 2. The molecule has 0 bridgehead atoms. The van der Waals surface area contributed by atoms with Gasteiger partial charge < -0.3 is 10.6 Å². The molecular formula is C24H21N7O2S. The Bertz CT molecular complexity index is 1300. The Morgan fingerprint density at radius 1 is 0.971 bits per heavy atom. The molecule has 0 aliphatic carbocycles. The van der Waals surface area contributed by atoms with Gasteiger partial charge in [-0.05, 0) is 70.6 Å². The Hall–Kier alpha value is -4.31. The molecular weight excluding hydrogens is 450 g/mol. The molecule has 10 heteroatoms. The van der Waals surface area contributed by atoms with Gasteiger partial charge in [-0.2, -0.15) is 0 Å². The molecule has 0 unspecified atom stereocenters. The highest BCUT2D eigenvalue weighted by Gasteiger charge is 2.10. The number of thioether (sulfide) groups is 1. The third-order valence-corrected chi connectivity index (χ3v) is 5.63. The summed E-state index contributed by atoms with van der Waals surface area (Å²) in [5.41, 5.74) is 3.55. The van der Waals surface area contributed by atoms with Crippen LogP contribution in [-0.2, 0) is 11.8 Å². The molecule has 0 saturated heterocycles. The molecule has 4 aromatic rings. The average molecular weight is 472 g/mol. The van der Waals surface area contributed by atoms with Crippen LogP contribution >= 0.6 is 11.8 Å². The predicted molar refractivity (Wildman–Crippen MR) is 132 cm³/mol. The van der Waals surface area contributed by atoms with Gasteiger partial charge in [-0.25, -0.2) is 4.68 Å². The van der Waals surface area contributed by atoms with Crippen LogP contribution in [0.4, 0.5) is 11.4 Å². The fourth-order valence-corrected chi connectivity index (χ4v) is 3.61. The number of aryl methyl sites for hydroxylation is 1. The van der Waals surface area contributed by atoms with Gasteiger partial charge >= 0.3 is 0 Å². The van der Waals surface area contributed by atoms with Crippen LogP contribution in [-0.4, -0.2) is 42.8 Å². The number of carbonyl (C=O) groups is 2. The van der Waals surface area contributed by atoms with Gasteiger partial charge in [0.25, 0.3) is 5.91 Å². The quantitative estimate of drug-likeness (QED) is 0.376. The fourth-order valence-electron chi connectivity index (χ4n) is 2.96. The zero-order valence-electron chi connectivity index (χ0n) is 18.3. The smallest absolute Gasteiger partial charge is 0.255 e. The first-order valence-corrected chi connectivity index (χ1v) is 11.3. The topological polar surface area (TPSA) is 115 Å². The summed E-state index contributed by atoms with van der Waals surface area (Å²) in [4.78, 5) is 29.1. The number of rotatable bonds is 8. The van der Waals surface area contributed by atoms with Crippen molar-refractivity contribution in [2.24, 2.45) is 7.05 Å². The number of tetrazole rings is 1. The summed E-state index contributed by atoms with van der Waals surface area (Å²) in [5, 5.41) is 17.3. The Kier molecular flexibility index (Phi) is 7.41. The Balaban J connectivity index is 1.31. The molecule has 0 spiro atoms. The number of hydrogen-bond donors (Lipinski definition) is 2. The molecule has 2 aromatic heterocycles. The minimum atomic E-state index is -0.242. The zero-order chi connectivity index (χ0) is 23.8. The molecule has 0 saturated carbocycles. The van der Waals surface area contributed by atoms with E-state index in [2.05, 4.69) is 31.1 Å². The molecule has 4 rings (SSSR count). The van der Waals surface area contributed by atoms with Crippen molar-refractivity contribution < 1.29 is 9.59 Å². The largest absolute Gasteiger partial charge is 0.325 e. The van der Waals surface area contributed by atoms with E-state index in [-0.39, 0.29) is 17.6 Å². The van der Waals surface area contributed by atoms with Crippen molar-refractivity contribution in [3.05, 3.63) is 89.7 Å². The summed E-state index contributed by atoms with van der Waals surface area (Å²) in [6, 6.07) is 20.0. The van der Waals surface area contributed by atoms with Crippen molar-refractivity contribution in [1.29, 1.82) is 0 Å². The third kappa shape index (κ3) is 6.36. The van der Waals surface area contributed by atoms with Gasteiger partial charge in [0.05, 0.1) is 11.4 Å². The molecule has 2 N–H and O–H groups in total. The van der Waals surface area contributed by atoms with Crippen molar-refractivity contribution in [1.82, 2.24) is 25.2 Å². The molecule has 0 fully saturated rings. The third-order valence-electron chi connectivity index (χ3n) is 4.62. The second kappa shape index (κ2) is 11.0. The number of benzene rings is 2. The number of nitrogens with zero attached hydrogens (tertiary/aromatic N) is 5. The van der Waals surface area contributed by atoms with Crippen LogP contribution in [0.3, 0.4) is 0 Å². The van der Waals surface area contributed by atoms with E-state index in [0.717, 1.165) is 11.3 Å². The average Bonchev–Trinajstić information content (AvgIpc) is 3.27. The zero-order valence-corrected chi connectivity index (χ0v) is 19.1. The Morgan fingerprint density at radius 3 is 2.56 bits per heavy atom. The minimum absolute atomic E-state index is 0.168. The standard InChI is InChI=1S/C24H21N7O2S/c1-31-24(28-29-30-31)34-16-22(32)26-20-12-9-18(10-13-20)23(33)27-21-7-4-5-17(15-21)8-11-19-6-2-3-14-25-19/h2-15H,16H2,1H3,(H,26,32)(H,27,33)/b11-8+. The second-order valence-corrected chi connectivity index (χ2v) is 8.11. The molecule has 170 valence electrons. The van der Waals surface area contributed by atoms with Crippen LogP contribution in [0.5, 0.6) is 0 Å². The summed E-state index contributed by atoms with van der Waals surface area (Å²) < 4.78 is 1.50. The first-order chi connectivity index (χ1) is 16.6. The first kappa shape index (κ1) is 22.9. The van der Waals surface area contributed by atoms with E-state index in [1.807, 2.05) is 54.6 Å². The van der Waals surface area contributed by atoms with E-state index >= 15 is 0 Å². The molecule has 2 amide bonds. The van der Waals surface area contributed by atoms with Crippen molar-refractivity contribution >= 4 is 47.1 Å². The van der Waals surface area contributed by atoms with E-state index < -0.39 is 0 Å². The highest BCUT2D eigenvalue weighted by molar-refractivity contribution is 7.99. The Morgan fingerprint density at radius 2 is 1.82 bits per heavy atom. The highest BCUT2D eigenvalue weighted by atomic mass is 32.2. The van der Waals surface area contributed by atoms with Gasteiger partial charge in [0.15, 0.2) is 0 Å². The van der Waals surface area contributed by atoms with Crippen molar-refractivity contribution in [3.63, 3.8) is 0 Å². The summed E-state index contributed by atoms with van der Waals surface area (Å²) >= 11 is 1.24.